The Balaban J connectivity index is 0.000000283. The van der Waals surface area contributed by atoms with Crippen LogP contribution in [-0.2, 0) is 23.2 Å². The number of benzene rings is 3. The van der Waals surface area contributed by atoms with Crippen molar-refractivity contribution < 1.29 is 22.6 Å². The summed E-state index contributed by atoms with van der Waals surface area (Å²) >= 11 is 3.10. The Kier molecular flexibility index (Phi) is 8.79. The molecule has 0 bridgehead atoms. The number of nitrogens with zero attached hydrogens (tertiary/aromatic N) is 3. The molecule has 0 spiro atoms. The molecular weight excluding hydrogens is 603 g/mol. The van der Waals surface area contributed by atoms with Gasteiger partial charge in [0, 0.05) is 48.1 Å². The predicted molar refractivity (Wildman–Crippen MR) is 172 cm³/mol. The fraction of sp³-hybridized carbons (Fsp3) is 0.188. The van der Waals surface area contributed by atoms with E-state index >= 15 is 0 Å². The van der Waals surface area contributed by atoms with Crippen molar-refractivity contribution in [2.45, 2.75) is 43.7 Å². The molecule has 6 rings (SSSR count). The molecule has 0 amide bonds. The molecule has 3 heterocycles. The van der Waals surface area contributed by atoms with Crippen molar-refractivity contribution in [3.8, 4) is 5.75 Å². The molecule has 1 N–H and O–H groups in total. The molecule has 0 saturated heterocycles. The molecule has 11 heteroatoms. The van der Waals surface area contributed by atoms with Crippen LogP contribution >= 0.6 is 23.1 Å². The number of rotatable bonds is 4. The molecule has 0 unspecified atom stereocenters. The normalized spacial score (nSPS) is 14.5. The van der Waals surface area contributed by atoms with E-state index in [0.29, 0.717) is 6.54 Å². The first kappa shape index (κ1) is 30.6. The Bertz CT molecular complexity index is 2120. The van der Waals surface area contributed by atoms with Crippen LogP contribution in [-0.4, -0.2) is 29.7 Å². The molecule has 0 radical (unpaired) electrons. The van der Waals surface area contributed by atoms with E-state index in [1.165, 1.54) is 34.4 Å². The number of hydrogen-bond donors (Lipinski definition) is 1. The van der Waals surface area contributed by atoms with E-state index in [1.54, 1.807) is 36.0 Å². The number of anilines is 1. The zero-order chi connectivity index (χ0) is 30.9. The molecule has 0 fully saturated rings. The summed E-state index contributed by atoms with van der Waals surface area (Å²) in [7, 11) is -2.32. The van der Waals surface area contributed by atoms with Crippen LogP contribution < -0.4 is 24.2 Å². The Labute approximate surface area is 258 Å². The standard InChI is InChI=1S/C25H23N3O2S2.C7H8O3S/c1-4-27-17(11-10-16-8-6-7-9-19(16)27)14-22-28(5-2)24(30)23(32-22)25-26(3)20-15-18(29)12-13-21(20)31-25;1-6-2-4-7(5-3-6)11(8,9)10/h6-15H,4-5H2,1-3H3;2-5H,1H3,(H,8,9,10)/b25-23+;. The number of aromatic hydroxyl groups is 1. The van der Waals surface area contributed by atoms with Crippen molar-refractivity contribution in [3.05, 3.63) is 110 Å². The van der Waals surface area contributed by atoms with Crippen molar-refractivity contribution >= 4 is 60.9 Å². The quantitative estimate of drug-likeness (QED) is 0.234. The number of aromatic nitrogens is 2. The molecule has 0 atom stereocenters. The van der Waals surface area contributed by atoms with Gasteiger partial charge in [-0.05, 0) is 57.2 Å². The Morgan fingerprint density at radius 3 is 2.40 bits per heavy atom. The summed E-state index contributed by atoms with van der Waals surface area (Å²) in [6, 6.07) is 23.7. The van der Waals surface area contributed by atoms with Crippen molar-refractivity contribution in [1.29, 1.82) is 0 Å². The number of hydrogen-bond acceptors (Lipinski definition) is 8. The van der Waals surface area contributed by atoms with Gasteiger partial charge in [-0.2, -0.15) is 4.57 Å². The van der Waals surface area contributed by atoms with E-state index in [0.717, 1.165) is 42.6 Å². The third-order valence-corrected chi connectivity index (χ3v) is 10.4. The Morgan fingerprint density at radius 1 is 1.00 bits per heavy atom. The molecule has 5 aromatic rings. The SMILES string of the molecule is CCn1c(=O)/c(=C2\Sc3ccc(O)cc3N2C)s/c1=C/c1ccc2ccccc2[n+]1CC.Cc1ccc(S(=O)(=O)[O-])cc1. The van der Waals surface area contributed by atoms with Gasteiger partial charge in [-0.1, -0.05) is 41.6 Å². The molecular formula is C32H31N3O5S3. The molecule has 222 valence electrons. The second-order valence-corrected chi connectivity index (χ2v) is 13.4. The highest BCUT2D eigenvalue weighted by Crippen LogP contribution is 2.46. The highest BCUT2D eigenvalue weighted by molar-refractivity contribution is 8.08. The molecule has 8 nitrogen and oxygen atoms in total. The number of thioether (sulfide) groups is 1. The van der Waals surface area contributed by atoms with Crippen molar-refractivity contribution in [3.63, 3.8) is 0 Å². The van der Waals surface area contributed by atoms with E-state index in [4.69, 9.17) is 0 Å². The van der Waals surface area contributed by atoms with E-state index in [-0.39, 0.29) is 16.2 Å². The summed E-state index contributed by atoms with van der Waals surface area (Å²) in [5.41, 5.74) is 4.13. The maximum Gasteiger partial charge on any atom is 0.271 e. The molecule has 1 aliphatic rings. The van der Waals surface area contributed by atoms with Crippen molar-refractivity contribution in [2.24, 2.45) is 0 Å². The minimum Gasteiger partial charge on any atom is -0.744 e. The van der Waals surface area contributed by atoms with Crippen LogP contribution in [0.5, 0.6) is 5.75 Å². The number of phenolic OH excluding ortho intramolecular Hbond substituents is 1. The van der Waals surface area contributed by atoms with Gasteiger partial charge in [-0.15, -0.1) is 11.3 Å². The number of aryl methyl sites for hydroxylation is 2. The van der Waals surface area contributed by atoms with Gasteiger partial charge in [0.1, 0.15) is 36.6 Å². The maximum absolute atomic E-state index is 13.4. The smallest absolute Gasteiger partial charge is 0.271 e. The van der Waals surface area contributed by atoms with Gasteiger partial charge in [0.05, 0.1) is 10.6 Å². The van der Waals surface area contributed by atoms with Crippen LogP contribution in [0.2, 0.25) is 0 Å². The molecule has 43 heavy (non-hydrogen) atoms. The summed E-state index contributed by atoms with van der Waals surface area (Å²) in [4.78, 5) is 16.2. The minimum absolute atomic E-state index is 0.0268. The average molecular weight is 634 g/mol. The zero-order valence-electron chi connectivity index (χ0n) is 24.1. The van der Waals surface area contributed by atoms with Crippen LogP contribution in [0.3, 0.4) is 0 Å². The average Bonchev–Trinajstić information content (AvgIpc) is 3.47. The maximum atomic E-state index is 13.4. The number of para-hydroxylation sites is 1. The fourth-order valence-electron chi connectivity index (χ4n) is 4.89. The van der Waals surface area contributed by atoms with Gasteiger partial charge < -0.3 is 14.6 Å². The van der Waals surface area contributed by atoms with Gasteiger partial charge >= 0.3 is 0 Å². The van der Waals surface area contributed by atoms with E-state index < -0.39 is 10.1 Å². The summed E-state index contributed by atoms with van der Waals surface area (Å²) in [5, 5.41) is 12.0. The van der Waals surface area contributed by atoms with Gasteiger partial charge in [-0.25, -0.2) is 8.42 Å². The van der Waals surface area contributed by atoms with Gasteiger partial charge in [-0.3, -0.25) is 9.36 Å². The van der Waals surface area contributed by atoms with Gasteiger partial charge in [0.2, 0.25) is 11.2 Å². The van der Waals surface area contributed by atoms with Crippen molar-refractivity contribution in [1.82, 2.24) is 4.57 Å². The lowest BCUT2D eigenvalue weighted by Crippen LogP contribution is -2.38. The minimum atomic E-state index is -4.27. The van der Waals surface area contributed by atoms with E-state index in [9.17, 15) is 22.9 Å². The summed E-state index contributed by atoms with van der Waals surface area (Å²) in [5.74, 6) is 0.226. The second kappa shape index (κ2) is 12.4. The largest absolute Gasteiger partial charge is 0.744 e. The number of pyridine rings is 1. The molecule has 0 aliphatic carbocycles. The topological polar surface area (TPSA) is 107 Å². The first-order chi connectivity index (χ1) is 20.5. The Hall–Kier alpha value is -3.90. The summed E-state index contributed by atoms with van der Waals surface area (Å²) in [6.45, 7) is 7.42. The summed E-state index contributed by atoms with van der Waals surface area (Å²) < 4.78 is 37.0. The first-order valence-electron chi connectivity index (χ1n) is 13.7. The third-order valence-electron chi connectivity index (χ3n) is 7.11. The fourth-order valence-corrected chi connectivity index (χ4v) is 7.80. The Morgan fingerprint density at radius 2 is 1.72 bits per heavy atom. The van der Waals surface area contributed by atoms with Gasteiger partial charge in [0.15, 0.2) is 0 Å². The lowest BCUT2D eigenvalue weighted by molar-refractivity contribution is -0.669. The van der Waals surface area contributed by atoms with Crippen LogP contribution in [0, 0.1) is 6.92 Å². The predicted octanol–water partition coefficient (Wildman–Crippen LogP) is 4.13. The second-order valence-electron chi connectivity index (χ2n) is 9.91. The molecule has 3 aromatic carbocycles. The van der Waals surface area contributed by atoms with Crippen molar-refractivity contribution in [2.75, 3.05) is 11.9 Å². The first-order valence-corrected chi connectivity index (χ1v) is 16.7. The zero-order valence-corrected chi connectivity index (χ0v) is 26.6. The number of thiazole rings is 1. The highest BCUT2D eigenvalue weighted by Gasteiger charge is 2.25. The monoisotopic (exact) mass is 633 g/mol. The number of phenols is 1. The molecule has 2 aromatic heterocycles. The van der Waals surface area contributed by atoms with Crippen LogP contribution in [0.15, 0.2) is 93.4 Å². The van der Waals surface area contributed by atoms with E-state index in [1.807, 2.05) is 36.4 Å². The van der Waals surface area contributed by atoms with Crippen LogP contribution in [0.1, 0.15) is 25.1 Å². The third kappa shape index (κ3) is 6.25. The highest BCUT2D eigenvalue weighted by atomic mass is 32.2. The number of fused-ring (bicyclic) bond motifs is 2. The van der Waals surface area contributed by atoms with E-state index in [2.05, 4.69) is 54.0 Å². The molecule has 1 aliphatic heterocycles. The van der Waals surface area contributed by atoms with Crippen LogP contribution in [0.4, 0.5) is 5.69 Å². The lowest BCUT2D eigenvalue weighted by Gasteiger charge is -2.12. The lowest BCUT2D eigenvalue weighted by atomic mass is 10.2. The molecule has 0 saturated carbocycles. The van der Waals surface area contributed by atoms with Crippen LogP contribution in [0.25, 0.3) is 22.0 Å². The van der Waals surface area contributed by atoms with Gasteiger partial charge in [0.25, 0.3) is 5.56 Å². The summed E-state index contributed by atoms with van der Waals surface area (Å²) in [6.07, 6.45) is 2.12.